The van der Waals surface area contributed by atoms with Gasteiger partial charge >= 0.3 is 0 Å². The Morgan fingerprint density at radius 1 is 1.00 bits per heavy atom. The molecule has 3 rings (SSSR count). The van der Waals surface area contributed by atoms with E-state index in [4.69, 9.17) is 22.1 Å². The lowest BCUT2D eigenvalue weighted by molar-refractivity contribution is 0.487. The van der Waals surface area contributed by atoms with Gasteiger partial charge in [0.15, 0.2) is 5.75 Å². The standard InChI is InChI=1S/C15H11ClN2O/c16-12-9-11(17)6-7-13(12)19-14-5-1-3-10-4-2-8-18-15(10)14/h1-9H,17H2. The summed E-state index contributed by atoms with van der Waals surface area (Å²) >= 11 is 6.11. The topological polar surface area (TPSA) is 48.1 Å². The number of halogens is 1. The lowest BCUT2D eigenvalue weighted by atomic mass is 10.2. The first-order chi connectivity index (χ1) is 9.24. The van der Waals surface area contributed by atoms with Gasteiger partial charge in [-0.15, -0.1) is 0 Å². The van der Waals surface area contributed by atoms with Crippen LogP contribution in [0.15, 0.2) is 54.7 Å². The second kappa shape index (κ2) is 4.78. The molecule has 0 saturated carbocycles. The van der Waals surface area contributed by atoms with Gasteiger partial charge in [-0.3, -0.25) is 4.98 Å². The molecule has 0 aliphatic heterocycles. The van der Waals surface area contributed by atoms with Gasteiger partial charge in [0.2, 0.25) is 0 Å². The molecule has 0 radical (unpaired) electrons. The number of rotatable bonds is 2. The maximum Gasteiger partial charge on any atom is 0.153 e. The van der Waals surface area contributed by atoms with Gasteiger partial charge < -0.3 is 10.5 Å². The number of nitrogens with two attached hydrogens (primary N) is 1. The molecule has 94 valence electrons. The number of ether oxygens (including phenoxy) is 1. The van der Waals surface area contributed by atoms with Gasteiger partial charge in [-0.2, -0.15) is 0 Å². The molecule has 19 heavy (non-hydrogen) atoms. The molecule has 2 N–H and O–H groups in total. The van der Waals surface area contributed by atoms with Crippen molar-refractivity contribution in [1.82, 2.24) is 4.98 Å². The van der Waals surface area contributed by atoms with E-state index in [0.29, 0.717) is 22.2 Å². The third kappa shape index (κ3) is 2.33. The van der Waals surface area contributed by atoms with Crippen LogP contribution in [0.4, 0.5) is 5.69 Å². The summed E-state index contributed by atoms with van der Waals surface area (Å²) in [5.74, 6) is 1.23. The summed E-state index contributed by atoms with van der Waals surface area (Å²) in [5.41, 5.74) is 7.07. The van der Waals surface area contributed by atoms with E-state index in [0.717, 1.165) is 10.9 Å². The number of para-hydroxylation sites is 1. The van der Waals surface area contributed by atoms with Crippen LogP contribution in [0.2, 0.25) is 5.02 Å². The minimum Gasteiger partial charge on any atom is -0.454 e. The maximum absolute atomic E-state index is 6.11. The van der Waals surface area contributed by atoms with Crippen molar-refractivity contribution < 1.29 is 4.74 Å². The lowest BCUT2D eigenvalue weighted by Gasteiger charge is -2.09. The van der Waals surface area contributed by atoms with E-state index in [2.05, 4.69) is 4.98 Å². The second-order valence-corrected chi connectivity index (χ2v) is 4.53. The molecule has 0 unspecified atom stereocenters. The van der Waals surface area contributed by atoms with Crippen LogP contribution in [-0.4, -0.2) is 4.98 Å². The van der Waals surface area contributed by atoms with E-state index in [-0.39, 0.29) is 0 Å². The Hall–Kier alpha value is -2.26. The molecular formula is C15H11ClN2O. The molecule has 0 amide bonds. The average molecular weight is 271 g/mol. The van der Waals surface area contributed by atoms with Crippen molar-refractivity contribution in [1.29, 1.82) is 0 Å². The van der Waals surface area contributed by atoms with E-state index in [1.165, 1.54) is 0 Å². The monoisotopic (exact) mass is 270 g/mol. The predicted molar refractivity (Wildman–Crippen MR) is 77.7 cm³/mol. The SMILES string of the molecule is Nc1ccc(Oc2cccc3cccnc23)c(Cl)c1. The van der Waals surface area contributed by atoms with Crippen LogP contribution < -0.4 is 10.5 Å². The maximum atomic E-state index is 6.11. The quantitative estimate of drug-likeness (QED) is 0.708. The van der Waals surface area contributed by atoms with Crippen molar-refractivity contribution in [2.45, 2.75) is 0 Å². The zero-order valence-electron chi connectivity index (χ0n) is 10.0. The number of fused-ring (bicyclic) bond motifs is 1. The first-order valence-electron chi connectivity index (χ1n) is 5.81. The predicted octanol–water partition coefficient (Wildman–Crippen LogP) is 4.26. The van der Waals surface area contributed by atoms with Crippen LogP contribution in [0, 0.1) is 0 Å². The number of anilines is 1. The molecule has 4 heteroatoms. The number of pyridine rings is 1. The van der Waals surface area contributed by atoms with Gasteiger partial charge in [-0.05, 0) is 30.3 Å². The zero-order chi connectivity index (χ0) is 13.2. The minimum absolute atomic E-state index is 0.480. The largest absolute Gasteiger partial charge is 0.454 e. The van der Waals surface area contributed by atoms with Crippen LogP contribution in [0.1, 0.15) is 0 Å². The van der Waals surface area contributed by atoms with Gasteiger partial charge in [-0.1, -0.05) is 29.8 Å². The number of aromatic nitrogens is 1. The van der Waals surface area contributed by atoms with Gasteiger partial charge in [0, 0.05) is 17.3 Å². The number of nitrogen functional groups attached to an aromatic ring is 1. The summed E-state index contributed by atoms with van der Waals surface area (Å²) in [5, 5.41) is 1.50. The minimum atomic E-state index is 0.480. The summed E-state index contributed by atoms with van der Waals surface area (Å²) in [6.07, 6.45) is 1.74. The third-order valence-corrected chi connectivity index (χ3v) is 3.07. The van der Waals surface area contributed by atoms with Crippen LogP contribution in [0.25, 0.3) is 10.9 Å². The highest BCUT2D eigenvalue weighted by Gasteiger charge is 2.07. The molecule has 2 aromatic carbocycles. The van der Waals surface area contributed by atoms with Crippen LogP contribution in [-0.2, 0) is 0 Å². The van der Waals surface area contributed by atoms with E-state index in [1.54, 1.807) is 24.4 Å². The Kier molecular flexibility index (Phi) is 2.97. The van der Waals surface area contributed by atoms with E-state index in [1.807, 2.05) is 30.3 Å². The molecule has 0 aliphatic rings. The Balaban J connectivity index is 2.06. The molecule has 0 aliphatic carbocycles. The summed E-state index contributed by atoms with van der Waals surface area (Å²) in [6, 6.07) is 14.8. The highest BCUT2D eigenvalue weighted by molar-refractivity contribution is 6.32. The van der Waals surface area contributed by atoms with Crippen LogP contribution >= 0.6 is 11.6 Å². The third-order valence-electron chi connectivity index (χ3n) is 2.77. The van der Waals surface area contributed by atoms with Crippen molar-refractivity contribution >= 4 is 28.2 Å². The molecule has 3 nitrogen and oxygen atoms in total. The van der Waals surface area contributed by atoms with Crippen molar-refractivity contribution in [3.63, 3.8) is 0 Å². The fraction of sp³-hybridized carbons (Fsp3) is 0. The Morgan fingerprint density at radius 3 is 2.68 bits per heavy atom. The molecule has 0 spiro atoms. The van der Waals surface area contributed by atoms with Gasteiger partial charge in [0.25, 0.3) is 0 Å². The van der Waals surface area contributed by atoms with E-state index in [9.17, 15) is 0 Å². The number of hydrogen-bond acceptors (Lipinski definition) is 3. The lowest BCUT2D eigenvalue weighted by Crippen LogP contribution is -1.90. The number of hydrogen-bond donors (Lipinski definition) is 1. The summed E-state index contributed by atoms with van der Waals surface area (Å²) in [7, 11) is 0. The first-order valence-corrected chi connectivity index (χ1v) is 6.18. The number of nitrogens with zero attached hydrogens (tertiary/aromatic N) is 1. The molecule has 3 aromatic rings. The zero-order valence-corrected chi connectivity index (χ0v) is 10.8. The van der Waals surface area contributed by atoms with Crippen LogP contribution in [0.5, 0.6) is 11.5 Å². The van der Waals surface area contributed by atoms with Crippen molar-refractivity contribution in [2.75, 3.05) is 5.73 Å². The van der Waals surface area contributed by atoms with E-state index < -0.39 is 0 Å². The van der Waals surface area contributed by atoms with Gasteiger partial charge in [0.1, 0.15) is 11.3 Å². The first kappa shape index (κ1) is 11.8. The van der Waals surface area contributed by atoms with Gasteiger partial charge in [0.05, 0.1) is 5.02 Å². The molecule has 1 aromatic heterocycles. The van der Waals surface area contributed by atoms with Crippen molar-refractivity contribution in [3.05, 3.63) is 59.8 Å². The fourth-order valence-corrected chi connectivity index (χ4v) is 2.10. The van der Waals surface area contributed by atoms with Crippen LogP contribution in [0.3, 0.4) is 0 Å². The molecule has 0 fully saturated rings. The highest BCUT2D eigenvalue weighted by atomic mass is 35.5. The Labute approximate surface area is 115 Å². The van der Waals surface area contributed by atoms with E-state index >= 15 is 0 Å². The molecule has 0 saturated heterocycles. The fourth-order valence-electron chi connectivity index (χ4n) is 1.88. The molecular weight excluding hydrogens is 260 g/mol. The smallest absolute Gasteiger partial charge is 0.153 e. The van der Waals surface area contributed by atoms with Crippen molar-refractivity contribution in [3.8, 4) is 11.5 Å². The summed E-state index contributed by atoms with van der Waals surface area (Å²) < 4.78 is 5.83. The normalized spacial score (nSPS) is 10.6. The molecule has 0 atom stereocenters. The summed E-state index contributed by atoms with van der Waals surface area (Å²) in [4.78, 5) is 4.33. The molecule has 0 bridgehead atoms. The average Bonchev–Trinajstić information content (AvgIpc) is 2.42. The van der Waals surface area contributed by atoms with Gasteiger partial charge in [-0.25, -0.2) is 0 Å². The Bertz CT molecular complexity index is 738. The Morgan fingerprint density at radius 2 is 1.84 bits per heavy atom. The molecule has 1 heterocycles. The highest BCUT2D eigenvalue weighted by Crippen LogP contribution is 2.33. The van der Waals surface area contributed by atoms with Crippen molar-refractivity contribution in [2.24, 2.45) is 0 Å². The second-order valence-electron chi connectivity index (χ2n) is 4.12. The number of benzene rings is 2. The summed E-state index contributed by atoms with van der Waals surface area (Å²) in [6.45, 7) is 0.